The van der Waals surface area contributed by atoms with E-state index in [-0.39, 0.29) is 13.4 Å². The average molecular weight is 981 g/mol. The summed E-state index contributed by atoms with van der Waals surface area (Å²) >= 11 is 0. The summed E-state index contributed by atoms with van der Waals surface area (Å²) in [5, 5.41) is 7.19. The molecule has 0 saturated carbocycles. The molecule has 4 aromatic heterocycles. The molecule has 8 heteroatoms. The van der Waals surface area contributed by atoms with Gasteiger partial charge in [-0.1, -0.05) is 234 Å². The molecule has 15 aromatic rings. The van der Waals surface area contributed by atoms with E-state index < -0.39 is 0 Å². The molecule has 6 nitrogen and oxygen atoms in total. The third-order valence-corrected chi connectivity index (χ3v) is 15.5. The molecule has 0 N–H and O–H groups in total. The second kappa shape index (κ2) is 18.4. The van der Waals surface area contributed by atoms with Gasteiger partial charge >= 0.3 is 0 Å². The van der Waals surface area contributed by atoms with Crippen LogP contribution in [0.2, 0.25) is 0 Å². The third-order valence-electron chi connectivity index (χ3n) is 15.5. The lowest BCUT2D eigenvalue weighted by Gasteiger charge is -2.19. The standard InChI is InChI=1S/C69H46B2N6/c1-6-24-48(25-7-1)70(49-26-8-2-9-27-49)68-72-67(73-69(74-68)71(50-28-10-3-11-29-50)51-30-12-4-13-31-51)47-23-22-34-53(45-47)77-61-39-20-16-35-55(61)57-42-44-64-65(66(57)77)58-37-18-21-40-62(58)76(64)54-41-43-63-59(46-54)56-36-17-19-38-60(56)75(63)52-32-14-5-15-33-52/h1-46H. The van der Waals surface area contributed by atoms with E-state index in [1.807, 2.05) is 0 Å². The molecule has 0 aliphatic carbocycles. The zero-order valence-corrected chi connectivity index (χ0v) is 41.9. The fourth-order valence-corrected chi connectivity index (χ4v) is 12.2. The number of hydrogen-bond acceptors (Lipinski definition) is 3. The van der Waals surface area contributed by atoms with Crippen molar-refractivity contribution in [1.29, 1.82) is 0 Å². The van der Waals surface area contributed by atoms with Crippen molar-refractivity contribution in [2.24, 2.45) is 0 Å². The maximum atomic E-state index is 5.53. The van der Waals surface area contributed by atoms with Gasteiger partial charge in [0.25, 0.3) is 13.4 Å². The highest BCUT2D eigenvalue weighted by Crippen LogP contribution is 2.43. The number of hydrogen-bond donors (Lipinski definition) is 0. The van der Waals surface area contributed by atoms with Crippen molar-refractivity contribution in [2.75, 3.05) is 0 Å². The van der Waals surface area contributed by atoms with Crippen LogP contribution in [0.15, 0.2) is 279 Å². The van der Waals surface area contributed by atoms with E-state index in [1.165, 1.54) is 43.4 Å². The molecule has 77 heavy (non-hydrogen) atoms. The molecule has 0 atom stereocenters. The highest BCUT2D eigenvalue weighted by Gasteiger charge is 2.32. The van der Waals surface area contributed by atoms with Crippen LogP contribution in [-0.2, 0) is 0 Å². The smallest absolute Gasteiger partial charge is 0.290 e. The van der Waals surface area contributed by atoms with Crippen molar-refractivity contribution in [3.05, 3.63) is 279 Å². The van der Waals surface area contributed by atoms with Gasteiger partial charge in [-0.2, -0.15) is 0 Å². The maximum Gasteiger partial charge on any atom is 0.290 e. The van der Waals surface area contributed by atoms with Gasteiger partial charge in [-0.3, -0.25) is 0 Å². The maximum absolute atomic E-state index is 5.53. The van der Waals surface area contributed by atoms with Crippen LogP contribution in [0.5, 0.6) is 0 Å². The second-order valence-corrected chi connectivity index (χ2v) is 19.9. The average Bonchev–Trinajstić information content (AvgIpc) is 4.35. The van der Waals surface area contributed by atoms with Gasteiger partial charge in [0.2, 0.25) is 0 Å². The van der Waals surface area contributed by atoms with E-state index in [9.17, 15) is 0 Å². The van der Waals surface area contributed by atoms with Gasteiger partial charge in [-0.05, 0) is 66.7 Å². The Hall–Kier alpha value is -10.0. The molecular weight excluding hydrogens is 934 g/mol. The monoisotopic (exact) mass is 980 g/mol. The number of benzene rings is 11. The molecule has 0 saturated heterocycles. The van der Waals surface area contributed by atoms with Gasteiger partial charge < -0.3 is 13.7 Å². The minimum atomic E-state index is -0.251. The first-order valence-corrected chi connectivity index (χ1v) is 26.3. The van der Waals surface area contributed by atoms with Gasteiger partial charge in [-0.15, -0.1) is 0 Å². The van der Waals surface area contributed by atoms with Gasteiger partial charge in [0.1, 0.15) is 11.4 Å². The molecule has 0 amide bonds. The predicted molar refractivity (Wildman–Crippen MR) is 323 cm³/mol. The molecule has 358 valence electrons. The molecule has 0 fully saturated rings. The Morgan fingerprint density at radius 3 is 1.25 bits per heavy atom. The first kappa shape index (κ1) is 44.4. The Morgan fingerprint density at radius 1 is 0.260 bits per heavy atom. The summed E-state index contributed by atoms with van der Waals surface area (Å²) in [5.41, 5.74) is 16.9. The van der Waals surface area contributed by atoms with Crippen LogP contribution >= 0.6 is 0 Å². The fraction of sp³-hybridized carbons (Fsp3) is 0. The van der Waals surface area contributed by atoms with Gasteiger partial charge in [-0.25, -0.2) is 15.0 Å². The highest BCUT2D eigenvalue weighted by atomic mass is 15.0. The lowest BCUT2D eigenvalue weighted by Crippen LogP contribution is -2.61. The fourth-order valence-electron chi connectivity index (χ4n) is 12.2. The minimum Gasteiger partial charge on any atom is -0.309 e. The molecule has 15 rings (SSSR count). The third kappa shape index (κ3) is 7.40. The molecule has 0 aliphatic heterocycles. The van der Waals surface area contributed by atoms with E-state index in [1.54, 1.807) is 0 Å². The minimum absolute atomic E-state index is 0.251. The Labute approximate surface area is 446 Å². The van der Waals surface area contributed by atoms with Crippen LogP contribution in [0.3, 0.4) is 0 Å². The number of aromatic nitrogens is 6. The topological polar surface area (TPSA) is 53.5 Å². The summed E-state index contributed by atoms with van der Waals surface area (Å²) in [6.45, 7) is -0.501. The molecule has 0 radical (unpaired) electrons. The zero-order chi connectivity index (χ0) is 50.8. The Morgan fingerprint density at radius 2 is 0.675 bits per heavy atom. The summed E-state index contributed by atoms with van der Waals surface area (Å²) < 4.78 is 7.29. The second-order valence-electron chi connectivity index (χ2n) is 19.9. The van der Waals surface area contributed by atoms with Crippen molar-refractivity contribution in [3.8, 4) is 28.5 Å². The van der Waals surface area contributed by atoms with Crippen molar-refractivity contribution in [2.45, 2.75) is 0 Å². The van der Waals surface area contributed by atoms with Crippen LogP contribution < -0.4 is 33.3 Å². The lowest BCUT2D eigenvalue weighted by molar-refractivity contribution is 1.13. The van der Waals surface area contributed by atoms with E-state index in [4.69, 9.17) is 15.0 Å². The summed E-state index contributed by atoms with van der Waals surface area (Å²) in [5.74, 6) is 0.618. The summed E-state index contributed by atoms with van der Waals surface area (Å²) in [6.07, 6.45) is 0. The number of para-hydroxylation sites is 4. The first-order chi connectivity index (χ1) is 38.2. The molecule has 0 aliphatic rings. The summed E-state index contributed by atoms with van der Waals surface area (Å²) in [7, 11) is 0. The quantitative estimate of drug-likeness (QED) is 0.128. The van der Waals surface area contributed by atoms with Crippen molar-refractivity contribution in [3.63, 3.8) is 0 Å². The van der Waals surface area contributed by atoms with E-state index in [0.717, 1.165) is 66.5 Å². The van der Waals surface area contributed by atoms with Crippen LogP contribution in [0.1, 0.15) is 0 Å². The van der Waals surface area contributed by atoms with E-state index in [0.29, 0.717) is 17.3 Å². The zero-order valence-electron chi connectivity index (χ0n) is 41.9. The molecule has 0 spiro atoms. The molecule has 11 aromatic carbocycles. The number of nitrogens with zero attached hydrogens (tertiary/aromatic N) is 6. The van der Waals surface area contributed by atoms with Gasteiger partial charge in [0, 0.05) is 54.9 Å². The SMILES string of the molecule is c1ccc(B(c2ccccc2)c2nc(B(c3ccccc3)c3ccccc3)nc(-c3cccc(-n4c5ccccc5c5ccc6c(c7ccccc7n6-c6ccc7c(c6)c6ccccc6n7-c6ccccc6)c54)c3)n2)cc1. The van der Waals surface area contributed by atoms with E-state index >= 15 is 0 Å². The van der Waals surface area contributed by atoms with Gasteiger partial charge in [0.05, 0.1) is 33.1 Å². The van der Waals surface area contributed by atoms with Crippen molar-refractivity contribution >= 4 is 112 Å². The first-order valence-electron chi connectivity index (χ1n) is 26.3. The van der Waals surface area contributed by atoms with Crippen molar-refractivity contribution < 1.29 is 0 Å². The van der Waals surface area contributed by atoms with Crippen molar-refractivity contribution in [1.82, 2.24) is 28.7 Å². The van der Waals surface area contributed by atoms with Crippen LogP contribution in [0.4, 0.5) is 0 Å². The van der Waals surface area contributed by atoms with Crippen LogP contribution in [0, 0.1) is 0 Å². The molecule has 4 heterocycles. The normalized spacial score (nSPS) is 11.6. The highest BCUT2D eigenvalue weighted by molar-refractivity contribution is 6.96. The Kier molecular flexibility index (Phi) is 10.6. The summed E-state index contributed by atoms with van der Waals surface area (Å²) in [6, 6.07) is 99.9. The lowest BCUT2D eigenvalue weighted by atomic mass is 9.38. The number of rotatable bonds is 10. The molecular formula is C69H46B2N6. The van der Waals surface area contributed by atoms with E-state index in [2.05, 4.69) is 293 Å². The number of fused-ring (bicyclic) bond motifs is 10. The predicted octanol–water partition coefficient (Wildman–Crippen LogP) is 11.9. The van der Waals surface area contributed by atoms with Gasteiger partial charge in [0.15, 0.2) is 5.82 Å². The Balaban J connectivity index is 0.960. The van der Waals surface area contributed by atoms with Crippen LogP contribution in [0.25, 0.3) is 93.9 Å². The summed E-state index contributed by atoms with van der Waals surface area (Å²) in [4.78, 5) is 16.6. The van der Waals surface area contributed by atoms with Crippen LogP contribution in [-0.4, -0.2) is 42.1 Å². The largest absolute Gasteiger partial charge is 0.309 e. The molecule has 0 unspecified atom stereocenters. The Bertz CT molecular complexity index is 4510. The molecule has 0 bridgehead atoms.